The van der Waals surface area contributed by atoms with Crippen LogP contribution in [0.2, 0.25) is 0 Å². The van der Waals surface area contributed by atoms with Crippen LogP contribution < -0.4 is 0 Å². The molecule has 0 atom stereocenters. The second kappa shape index (κ2) is 7.24. The molecule has 1 aliphatic heterocycles. The molecular weight excluding hydrogens is 186 g/mol. The van der Waals surface area contributed by atoms with Crippen molar-refractivity contribution in [3.8, 4) is 0 Å². The smallest absolute Gasteiger partial charge is 0.0468 e. The fourth-order valence-electron chi connectivity index (χ4n) is 2.37. The van der Waals surface area contributed by atoms with E-state index in [-0.39, 0.29) is 0 Å². The molecule has 0 spiro atoms. The van der Waals surface area contributed by atoms with Crippen molar-refractivity contribution in [1.29, 1.82) is 0 Å². The molecule has 0 aromatic heterocycles. The summed E-state index contributed by atoms with van der Waals surface area (Å²) in [5, 5.41) is 0. The summed E-state index contributed by atoms with van der Waals surface area (Å²) >= 11 is 0. The van der Waals surface area contributed by atoms with E-state index in [1.807, 2.05) is 0 Å². The Bertz CT molecular complexity index is 151. The summed E-state index contributed by atoms with van der Waals surface area (Å²) in [6.07, 6.45) is 4.02. The van der Waals surface area contributed by atoms with Crippen LogP contribution in [0.1, 0.15) is 40.0 Å². The standard InChI is InChI=1S/C13H27NO/c1-4-15-10-7-13-5-8-14(9-6-13)11-12(2)3/h12-13H,4-11H2,1-3H3. The highest BCUT2D eigenvalue weighted by atomic mass is 16.5. The molecule has 1 rings (SSSR count). The van der Waals surface area contributed by atoms with Gasteiger partial charge in [0.15, 0.2) is 0 Å². The van der Waals surface area contributed by atoms with Crippen molar-refractivity contribution in [2.45, 2.75) is 40.0 Å². The first kappa shape index (κ1) is 13.0. The second-order valence-electron chi connectivity index (χ2n) is 5.12. The van der Waals surface area contributed by atoms with Gasteiger partial charge in [-0.3, -0.25) is 0 Å². The lowest BCUT2D eigenvalue weighted by Gasteiger charge is -2.32. The number of piperidine rings is 1. The molecule has 1 heterocycles. The lowest BCUT2D eigenvalue weighted by Crippen LogP contribution is -2.36. The Morgan fingerprint density at radius 3 is 2.47 bits per heavy atom. The third-order valence-corrected chi connectivity index (χ3v) is 3.21. The lowest BCUT2D eigenvalue weighted by molar-refractivity contribution is 0.106. The molecule has 0 aliphatic carbocycles. The normalized spacial score (nSPS) is 20.0. The maximum Gasteiger partial charge on any atom is 0.0468 e. The van der Waals surface area contributed by atoms with Gasteiger partial charge in [0, 0.05) is 19.8 Å². The van der Waals surface area contributed by atoms with Gasteiger partial charge in [-0.05, 0) is 51.1 Å². The van der Waals surface area contributed by atoms with E-state index >= 15 is 0 Å². The maximum atomic E-state index is 5.41. The Labute approximate surface area is 95.0 Å². The zero-order valence-electron chi connectivity index (χ0n) is 10.7. The molecule has 0 saturated carbocycles. The highest BCUT2D eigenvalue weighted by Crippen LogP contribution is 2.20. The van der Waals surface area contributed by atoms with Gasteiger partial charge in [-0.15, -0.1) is 0 Å². The second-order valence-corrected chi connectivity index (χ2v) is 5.12. The van der Waals surface area contributed by atoms with Gasteiger partial charge in [-0.2, -0.15) is 0 Å². The third kappa shape index (κ3) is 5.53. The van der Waals surface area contributed by atoms with Gasteiger partial charge in [0.05, 0.1) is 0 Å². The highest BCUT2D eigenvalue weighted by Gasteiger charge is 2.18. The van der Waals surface area contributed by atoms with Crippen LogP contribution in [0.25, 0.3) is 0 Å². The van der Waals surface area contributed by atoms with E-state index in [4.69, 9.17) is 4.74 Å². The first-order valence-corrected chi connectivity index (χ1v) is 6.52. The van der Waals surface area contributed by atoms with Gasteiger partial charge in [-0.1, -0.05) is 13.8 Å². The monoisotopic (exact) mass is 213 g/mol. The molecule has 15 heavy (non-hydrogen) atoms. The summed E-state index contributed by atoms with van der Waals surface area (Å²) in [5.41, 5.74) is 0. The SMILES string of the molecule is CCOCCC1CCN(CC(C)C)CC1. The first-order valence-electron chi connectivity index (χ1n) is 6.52. The third-order valence-electron chi connectivity index (χ3n) is 3.21. The molecule has 0 bridgehead atoms. The average Bonchev–Trinajstić information content (AvgIpc) is 2.20. The van der Waals surface area contributed by atoms with Crippen molar-refractivity contribution in [2.24, 2.45) is 11.8 Å². The minimum Gasteiger partial charge on any atom is -0.382 e. The van der Waals surface area contributed by atoms with Crippen LogP contribution in [-0.4, -0.2) is 37.7 Å². The van der Waals surface area contributed by atoms with Crippen LogP contribution in [0, 0.1) is 11.8 Å². The number of ether oxygens (including phenoxy) is 1. The largest absolute Gasteiger partial charge is 0.382 e. The molecule has 0 amide bonds. The molecule has 2 nitrogen and oxygen atoms in total. The van der Waals surface area contributed by atoms with E-state index in [1.165, 1.54) is 38.9 Å². The van der Waals surface area contributed by atoms with Crippen LogP contribution in [0.4, 0.5) is 0 Å². The molecule has 0 aromatic carbocycles. The highest BCUT2D eigenvalue weighted by molar-refractivity contribution is 4.72. The van der Waals surface area contributed by atoms with E-state index < -0.39 is 0 Å². The first-order chi connectivity index (χ1) is 7.22. The number of hydrogen-bond acceptors (Lipinski definition) is 2. The molecule has 0 radical (unpaired) electrons. The van der Waals surface area contributed by atoms with Crippen molar-refractivity contribution in [2.75, 3.05) is 32.8 Å². The maximum absolute atomic E-state index is 5.41. The summed E-state index contributed by atoms with van der Waals surface area (Å²) in [7, 11) is 0. The fraction of sp³-hybridized carbons (Fsp3) is 1.00. The molecule has 0 N–H and O–H groups in total. The van der Waals surface area contributed by atoms with Gasteiger partial charge >= 0.3 is 0 Å². The number of likely N-dealkylation sites (tertiary alicyclic amines) is 1. The summed E-state index contributed by atoms with van der Waals surface area (Å²) in [6.45, 7) is 12.4. The van der Waals surface area contributed by atoms with E-state index in [9.17, 15) is 0 Å². The molecule has 1 fully saturated rings. The molecular formula is C13H27NO. The Balaban J connectivity index is 2.07. The minimum atomic E-state index is 0.810. The summed E-state index contributed by atoms with van der Waals surface area (Å²) in [4.78, 5) is 2.61. The van der Waals surface area contributed by atoms with E-state index in [0.29, 0.717) is 0 Å². The van der Waals surface area contributed by atoms with E-state index in [2.05, 4.69) is 25.7 Å². The van der Waals surface area contributed by atoms with Crippen molar-refractivity contribution in [3.63, 3.8) is 0 Å². The summed E-state index contributed by atoms with van der Waals surface area (Å²) in [5.74, 6) is 1.73. The lowest BCUT2D eigenvalue weighted by atomic mass is 9.93. The number of nitrogens with zero attached hydrogens (tertiary/aromatic N) is 1. The van der Waals surface area contributed by atoms with Crippen molar-refractivity contribution < 1.29 is 4.74 Å². The van der Waals surface area contributed by atoms with Crippen LogP contribution in [0.5, 0.6) is 0 Å². The van der Waals surface area contributed by atoms with Crippen molar-refractivity contribution in [3.05, 3.63) is 0 Å². The zero-order chi connectivity index (χ0) is 11.1. The van der Waals surface area contributed by atoms with E-state index in [0.717, 1.165) is 25.0 Å². The van der Waals surface area contributed by atoms with Gasteiger partial charge in [0.25, 0.3) is 0 Å². The topological polar surface area (TPSA) is 12.5 Å². The Morgan fingerprint density at radius 2 is 1.93 bits per heavy atom. The van der Waals surface area contributed by atoms with Gasteiger partial charge in [0.1, 0.15) is 0 Å². The number of rotatable bonds is 6. The van der Waals surface area contributed by atoms with Crippen LogP contribution in [-0.2, 0) is 4.74 Å². The van der Waals surface area contributed by atoms with Gasteiger partial charge in [-0.25, -0.2) is 0 Å². The predicted molar refractivity (Wildman–Crippen MR) is 65.1 cm³/mol. The van der Waals surface area contributed by atoms with Gasteiger partial charge in [0.2, 0.25) is 0 Å². The predicted octanol–water partition coefficient (Wildman–Crippen LogP) is 2.78. The van der Waals surface area contributed by atoms with Crippen LogP contribution >= 0.6 is 0 Å². The van der Waals surface area contributed by atoms with Crippen molar-refractivity contribution >= 4 is 0 Å². The molecule has 0 unspecified atom stereocenters. The number of hydrogen-bond donors (Lipinski definition) is 0. The average molecular weight is 213 g/mol. The molecule has 90 valence electrons. The quantitative estimate of drug-likeness (QED) is 0.629. The van der Waals surface area contributed by atoms with E-state index in [1.54, 1.807) is 0 Å². The summed E-state index contributed by atoms with van der Waals surface area (Å²) < 4.78 is 5.41. The molecule has 0 aromatic rings. The zero-order valence-corrected chi connectivity index (χ0v) is 10.7. The van der Waals surface area contributed by atoms with Crippen molar-refractivity contribution in [1.82, 2.24) is 4.90 Å². The van der Waals surface area contributed by atoms with Crippen LogP contribution in [0.15, 0.2) is 0 Å². The summed E-state index contributed by atoms with van der Waals surface area (Å²) in [6, 6.07) is 0. The Morgan fingerprint density at radius 1 is 1.27 bits per heavy atom. The molecule has 2 heteroatoms. The fourth-order valence-corrected chi connectivity index (χ4v) is 2.37. The Kier molecular flexibility index (Phi) is 6.26. The molecule has 1 aliphatic rings. The Hall–Kier alpha value is -0.0800. The van der Waals surface area contributed by atoms with Gasteiger partial charge < -0.3 is 9.64 Å². The molecule has 1 saturated heterocycles. The minimum absolute atomic E-state index is 0.810. The van der Waals surface area contributed by atoms with Crippen LogP contribution in [0.3, 0.4) is 0 Å².